The molecule has 0 fully saturated rings. The molecule has 2 aromatic rings. The Morgan fingerprint density at radius 1 is 1.33 bits per heavy atom. The van der Waals surface area contributed by atoms with E-state index in [1.807, 2.05) is 18.2 Å². The predicted molar refractivity (Wildman–Crippen MR) is 64.6 cm³/mol. The molecule has 78 valence electrons. The molecule has 0 saturated carbocycles. The smallest absolute Gasteiger partial charge is 0.253 e. The number of hydrogen-bond acceptors (Lipinski definition) is 2. The fourth-order valence-corrected chi connectivity index (χ4v) is 2.47. The maximum absolute atomic E-state index is 11.8. The minimum absolute atomic E-state index is 0.0579. The summed E-state index contributed by atoms with van der Waals surface area (Å²) in [7, 11) is 3.54. The van der Waals surface area contributed by atoms with Gasteiger partial charge in [0.25, 0.3) is 5.91 Å². The van der Waals surface area contributed by atoms with Crippen LogP contribution in [-0.4, -0.2) is 24.9 Å². The van der Waals surface area contributed by atoms with Gasteiger partial charge in [0.1, 0.15) is 0 Å². The summed E-state index contributed by atoms with van der Waals surface area (Å²) in [6.45, 7) is 2.07. The lowest BCUT2D eigenvalue weighted by Gasteiger charge is -2.10. The summed E-state index contributed by atoms with van der Waals surface area (Å²) in [5.74, 6) is 0.0579. The van der Waals surface area contributed by atoms with Gasteiger partial charge in [0, 0.05) is 24.4 Å². The molecule has 15 heavy (non-hydrogen) atoms. The van der Waals surface area contributed by atoms with Gasteiger partial charge in [-0.05, 0) is 41.5 Å². The number of nitrogens with zero attached hydrogens (tertiary/aromatic N) is 1. The van der Waals surface area contributed by atoms with Crippen molar-refractivity contribution >= 4 is 27.3 Å². The van der Waals surface area contributed by atoms with E-state index in [-0.39, 0.29) is 5.91 Å². The van der Waals surface area contributed by atoms with Crippen molar-refractivity contribution < 1.29 is 4.79 Å². The molecule has 1 heterocycles. The lowest BCUT2D eigenvalue weighted by molar-refractivity contribution is 0.0828. The topological polar surface area (TPSA) is 20.3 Å². The van der Waals surface area contributed by atoms with E-state index in [0.717, 1.165) is 5.56 Å². The van der Waals surface area contributed by atoms with Gasteiger partial charge < -0.3 is 4.90 Å². The van der Waals surface area contributed by atoms with E-state index in [1.165, 1.54) is 15.6 Å². The fraction of sp³-hybridized carbons (Fsp3) is 0.250. The fourth-order valence-electron chi connectivity index (χ4n) is 1.55. The van der Waals surface area contributed by atoms with Crippen LogP contribution < -0.4 is 0 Å². The summed E-state index contributed by atoms with van der Waals surface area (Å²) in [5, 5.41) is 3.31. The average molecular weight is 219 g/mol. The first-order valence-corrected chi connectivity index (χ1v) is 5.67. The molecule has 2 rings (SSSR count). The molecule has 0 bridgehead atoms. The second kappa shape index (κ2) is 3.66. The highest BCUT2D eigenvalue weighted by molar-refractivity contribution is 7.17. The second-order valence-corrected chi connectivity index (χ2v) is 4.74. The summed E-state index contributed by atoms with van der Waals surface area (Å²) in [4.78, 5) is 13.4. The molecule has 0 unspecified atom stereocenters. The van der Waals surface area contributed by atoms with Crippen molar-refractivity contribution in [3.63, 3.8) is 0 Å². The Kier molecular flexibility index (Phi) is 2.49. The second-order valence-electron chi connectivity index (χ2n) is 3.83. The standard InChI is InChI=1S/C12H13NOS/c1-8-7-15-11-5-4-9(6-10(8)11)12(14)13(2)3/h4-7H,1-3H3. The molecular weight excluding hydrogens is 206 g/mol. The van der Waals surface area contributed by atoms with E-state index in [9.17, 15) is 4.79 Å². The molecule has 0 aliphatic rings. The lowest BCUT2D eigenvalue weighted by atomic mass is 10.1. The summed E-state index contributed by atoms with van der Waals surface area (Å²) < 4.78 is 1.24. The number of carbonyl (C=O) groups excluding carboxylic acids is 1. The molecule has 0 aliphatic heterocycles. The highest BCUT2D eigenvalue weighted by Gasteiger charge is 2.09. The van der Waals surface area contributed by atoms with Crippen LogP contribution in [0.2, 0.25) is 0 Å². The Labute approximate surface area is 93.1 Å². The van der Waals surface area contributed by atoms with Crippen LogP contribution in [0.1, 0.15) is 15.9 Å². The number of amides is 1. The monoisotopic (exact) mass is 219 g/mol. The van der Waals surface area contributed by atoms with Crippen molar-refractivity contribution in [1.29, 1.82) is 0 Å². The SMILES string of the molecule is Cc1csc2ccc(C(=O)N(C)C)cc12. The first-order chi connectivity index (χ1) is 7.09. The van der Waals surface area contributed by atoms with E-state index in [0.29, 0.717) is 0 Å². The molecule has 0 spiro atoms. The first kappa shape index (κ1) is 10.2. The molecule has 0 radical (unpaired) electrons. The van der Waals surface area contributed by atoms with Crippen LogP contribution in [0.4, 0.5) is 0 Å². The molecule has 1 aromatic heterocycles. The van der Waals surface area contributed by atoms with E-state index in [1.54, 1.807) is 30.3 Å². The number of fused-ring (bicyclic) bond motifs is 1. The number of hydrogen-bond donors (Lipinski definition) is 0. The Bertz CT molecular complexity index is 513. The highest BCUT2D eigenvalue weighted by atomic mass is 32.1. The summed E-state index contributed by atoms with van der Waals surface area (Å²) in [6.07, 6.45) is 0. The van der Waals surface area contributed by atoms with Gasteiger partial charge in [-0.1, -0.05) is 0 Å². The van der Waals surface area contributed by atoms with Crippen molar-refractivity contribution in [1.82, 2.24) is 4.90 Å². The molecule has 1 amide bonds. The maximum atomic E-state index is 11.8. The summed E-state index contributed by atoms with van der Waals surface area (Å²) >= 11 is 1.72. The van der Waals surface area contributed by atoms with E-state index in [4.69, 9.17) is 0 Å². The van der Waals surface area contributed by atoms with Gasteiger partial charge in [-0.3, -0.25) is 4.79 Å². The van der Waals surface area contributed by atoms with Crippen LogP contribution in [0.15, 0.2) is 23.6 Å². The van der Waals surface area contributed by atoms with Crippen LogP contribution in [0.25, 0.3) is 10.1 Å². The number of rotatable bonds is 1. The van der Waals surface area contributed by atoms with Crippen molar-refractivity contribution in [3.8, 4) is 0 Å². The Hall–Kier alpha value is -1.35. The maximum Gasteiger partial charge on any atom is 0.253 e. The molecular formula is C12H13NOS. The molecule has 0 N–H and O–H groups in total. The number of carbonyl (C=O) groups is 1. The molecule has 2 nitrogen and oxygen atoms in total. The van der Waals surface area contributed by atoms with Crippen LogP contribution in [-0.2, 0) is 0 Å². The minimum Gasteiger partial charge on any atom is -0.345 e. The van der Waals surface area contributed by atoms with Gasteiger partial charge >= 0.3 is 0 Å². The van der Waals surface area contributed by atoms with Crippen LogP contribution in [0.5, 0.6) is 0 Å². The number of benzene rings is 1. The number of thiophene rings is 1. The van der Waals surface area contributed by atoms with E-state index >= 15 is 0 Å². The normalized spacial score (nSPS) is 10.6. The third kappa shape index (κ3) is 1.75. The largest absolute Gasteiger partial charge is 0.345 e. The Morgan fingerprint density at radius 2 is 2.07 bits per heavy atom. The van der Waals surface area contributed by atoms with Crippen molar-refractivity contribution in [2.75, 3.05) is 14.1 Å². The van der Waals surface area contributed by atoms with Crippen LogP contribution in [0, 0.1) is 6.92 Å². The molecule has 0 aliphatic carbocycles. The average Bonchev–Trinajstić information content (AvgIpc) is 2.59. The highest BCUT2D eigenvalue weighted by Crippen LogP contribution is 2.26. The third-order valence-electron chi connectivity index (χ3n) is 2.42. The molecule has 0 atom stereocenters. The zero-order valence-corrected chi connectivity index (χ0v) is 9.89. The van der Waals surface area contributed by atoms with E-state index in [2.05, 4.69) is 12.3 Å². The van der Waals surface area contributed by atoms with Crippen molar-refractivity contribution in [2.24, 2.45) is 0 Å². The molecule has 3 heteroatoms. The molecule has 0 saturated heterocycles. The van der Waals surface area contributed by atoms with Gasteiger partial charge in [0.05, 0.1) is 0 Å². The van der Waals surface area contributed by atoms with Crippen molar-refractivity contribution in [2.45, 2.75) is 6.92 Å². The molecule has 1 aromatic carbocycles. The number of aryl methyl sites for hydroxylation is 1. The van der Waals surface area contributed by atoms with Gasteiger partial charge in [-0.25, -0.2) is 0 Å². The third-order valence-corrected chi connectivity index (χ3v) is 3.50. The summed E-state index contributed by atoms with van der Waals surface area (Å²) in [6, 6.07) is 5.88. The van der Waals surface area contributed by atoms with Gasteiger partial charge in [-0.15, -0.1) is 11.3 Å². The Balaban J connectivity index is 2.55. The van der Waals surface area contributed by atoms with Gasteiger partial charge in [0.15, 0.2) is 0 Å². The Morgan fingerprint density at radius 3 is 2.73 bits per heavy atom. The zero-order chi connectivity index (χ0) is 11.0. The van der Waals surface area contributed by atoms with Crippen molar-refractivity contribution in [3.05, 3.63) is 34.7 Å². The van der Waals surface area contributed by atoms with E-state index < -0.39 is 0 Å². The lowest BCUT2D eigenvalue weighted by Crippen LogP contribution is -2.21. The first-order valence-electron chi connectivity index (χ1n) is 4.79. The van der Waals surface area contributed by atoms with Crippen LogP contribution >= 0.6 is 11.3 Å². The summed E-state index contributed by atoms with van der Waals surface area (Å²) in [5.41, 5.74) is 2.00. The van der Waals surface area contributed by atoms with Gasteiger partial charge in [0.2, 0.25) is 0 Å². The van der Waals surface area contributed by atoms with Gasteiger partial charge in [-0.2, -0.15) is 0 Å². The zero-order valence-electron chi connectivity index (χ0n) is 9.07. The van der Waals surface area contributed by atoms with Crippen LogP contribution in [0.3, 0.4) is 0 Å². The predicted octanol–water partition coefficient (Wildman–Crippen LogP) is 2.91. The quantitative estimate of drug-likeness (QED) is 0.722. The minimum atomic E-state index is 0.0579.